The summed E-state index contributed by atoms with van der Waals surface area (Å²) in [5.74, 6) is 0. The Hall–Kier alpha value is 0.246. The van der Waals surface area contributed by atoms with Gasteiger partial charge in [0.2, 0.25) is 0 Å². The van der Waals surface area contributed by atoms with E-state index in [1.165, 1.54) is 6.07 Å². The predicted molar refractivity (Wildman–Crippen MR) is 70.7 cm³/mol. The number of benzene rings is 2. The fraction of sp³-hybridized carbons (Fsp3) is 0.286. The molecule has 5 heteroatoms. The average Bonchev–Trinajstić information content (AvgIpc) is 2.35. The quantitative estimate of drug-likeness (QED) is 0.586. The van der Waals surface area contributed by atoms with E-state index in [2.05, 4.69) is 0 Å². The molecule has 2 aromatic carbocycles. The van der Waals surface area contributed by atoms with Gasteiger partial charge in [-0.25, -0.2) is 8.42 Å². The molecular formula is C14H15KO3S. The predicted octanol–water partition coefficient (Wildman–Crippen LogP) is -0.127. The van der Waals surface area contributed by atoms with Crippen molar-refractivity contribution in [1.82, 2.24) is 0 Å². The van der Waals surface area contributed by atoms with Crippen molar-refractivity contribution in [3.8, 4) is 0 Å². The van der Waals surface area contributed by atoms with Crippen molar-refractivity contribution in [3.63, 3.8) is 0 Å². The van der Waals surface area contributed by atoms with Gasteiger partial charge in [-0.1, -0.05) is 32.0 Å². The van der Waals surface area contributed by atoms with Crippen LogP contribution in [0.15, 0.2) is 35.2 Å². The van der Waals surface area contributed by atoms with Gasteiger partial charge < -0.3 is 4.55 Å². The van der Waals surface area contributed by atoms with Crippen LogP contribution < -0.4 is 51.4 Å². The zero-order valence-corrected chi connectivity index (χ0v) is 15.4. The molecule has 0 spiro atoms. The second kappa shape index (κ2) is 6.80. The van der Waals surface area contributed by atoms with Gasteiger partial charge in [0.1, 0.15) is 10.1 Å². The van der Waals surface area contributed by atoms with Crippen LogP contribution in [0.3, 0.4) is 0 Å². The maximum atomic E-state index is 11.4. The Kier molecular flexibility index (Phi) is 6.19. The summed E-state index contributed by atoms with van der Waals surface area (Å²) in [6, 6.07) is 9.05. The molecule has 2 rings (SSSR count). The molecule has 0 heterocycles. The van der Waals surface area contributed by atoms with Crippen molar-refractivity contribution in [1.29, 1.82) is 0 Å². The third-order valence-corrected chi connectivity index (χ3v) is 4.00. The van der Waals surface area contributed by atoms with Crippen LogP contribution in [0.25, 0.3) is 10.8 Å². The van der Waals surface area contributed by atoms with Crippen LogP contribution >= 0.6 is 0 Å². The summed E-state index contributed by atoms with van der Waals surface area (Å²) < 4.78 is 34.1. The summed E-state index contributed by atoms with van der Waals surface area (Å²) in [5, 5.41) is 1.34. The SMILES string of the molecule is CCc1cc(S(=O)(=O)[O-])c2cc(CC)ccc2c1.[K+]. The Labute approximate surface area is 156 Å². The van der Waals surface area contributed by atoms with Gasteiger partial charge in [0, 0.05) is 0 Å². The Bertz CT molecular complexity index is 693. The molecule has 0 saturated heterocycles. The Morgan fingerprint density at radius 3 is 2.16 bits per heavy atom. The van der Waals surface area contributed by atoms with Gasteiger partial charge in [0.05, 0.1) is 4.90 Å². The van der Waals surface area contributed by atoms with Crippen LogP contribution in [0.5, 0.6) is 0 Å². The van der Waals surface area contributed by atoms with Crippen LogP contribution in [0.4, 0.5) is 0 Å². The van der Waals surface area contributed by atoms with Crippen molar-refractivity contribution < 1.29 is 64.4 Å². The summed E-state index contributed by atoms with van der Waals surface area (Å²) >= 11 is 0. The molecule has 0 radical (unpaired) electrons. The molecule has 3 nitrogen and oxygen atoms in total. The first-order valence-corrected chi connectivity index (χ1v) is 7.38. The molecular weight excluding hydrogens is 287 g/mol. The average molecular weight is 302 g/mol. The van der Waals surface area contributed by atoms with Crippen LogP contribution in [-0.4, -0.2) is 13.0 Å². The van der Waals surface area contributed by atoms with Gasteiger partial charge in [-0.2, -0.15) is 0 Å². The molecule has 0 aliphatic rings. The van der Waals surface area contributed by atoms with Gasteiger partial charge in [-0.15, -0.1) is 0 Å². The van der Waals surface area contributed by atoms with E-state index >= 15 is 0 Å². The Morgan fingerprint density at radius 1 is 1.00 bits per heavy atom. The number of rotatable bonds is 3. The van der Waals surface area contributed by atoms with E-state index in [-0.39, 0.29) is 56.3 Å². The Morgan fingerprint density at radius 2 is 1.63 bits per heavy atom. The Balaban J connectivity index is 0.00000180. The smallest absolute Gasteiger partial charge is 0.744 e. The minimum absolute atomic E-state index is 0. The molecule has 0 fully saturated rings. The molecule has 0 aliphatic heterocycles. The summed E-state index contributed by atoms with van der Waals surface area (Å²) in [4.78, 5) is -0.104. The number of fused-ring (bicyclic) bond motifs is 1. The zero-order chi connectivity index (χ0) is 13.3. The number of hydrogen-bond acceptors (Lipinski definition) is 3. The minimum atomic E-state index is -4.44. The van der Waals surface area contributed by atoms with Crippen molar-refractivity contribution in [3.05, 3.63) is 41.5 Å². The summed E-state index contributed by atoms with van der Waals surface area (Å²) in [6.45, 7) is 3.93. The summed E-state index contributed by atoms with van der Waals surface area (Å²) in [7, 11) is -4.44. The van der Waals surface area contributed by atoms with Crippen molar-refractivity contribution in [2.45, 2.75) is 31.6 Å². The fourth-order valence-electron chi connectivity index (χ4n) is 2.06. The molecule has 0 N–H and O–H groups in total. The first kappa shape index (κ1) is 17.3. The van der Waals surface area contributed by atoms with Gasteiger partial charge in [0.15, 0.2) is 0 Å². The van der Waals surface area contributed by atoms with Gasteiger partial charge in [-0.05, 0) is 46.9 Å². The maximum absolute atomic E-state index is 11.4. The number of aryl methyl sites for hydroxylation is 2. The first-order valence-electron chi connectivity index (χ1n) is 5.97. The largest absolute Gasteiger partial charge is 1.00 e. The van der Waals surface area contributed by atoms with E-state index in [1.54, 1.807) is 6.07 Å². The van der Waals surface area contributed by atoms with Crippen molar-refractivity contribution in [2.24, 2.45) is 0 Å². The van der Waals surface area contributed by atoms with E-state index in [0.29, 0.717) is 11.8 Å². The maximum Gasteiger partial charge on any atom is 1.00 e. The van der Waals surface area contributed by atoms with E-state index in [4.69, 9.17) is 0 Å². The minimum Gasteiger partial charge on any atom is -0.744 e. The monoisotopic (exact) mass is 302 g/mol. The molecule has 0 aromatic heterocycles. The van der Waals surface area contributed by atoms with E-state index in [9.17, 15) is 13.0 Å². The number of hydrogen-bond donors (Lipinski definition) is 0. The van der Waals surface area contributed by atoms with Crippen molar-refractivity contribution in [2.75, 3.05) is 0 Å². The summed E-state index contributed by atoms with van der Waals surface area (Å²) in [6.07, 6.45) is 1.51. The molecule has 0 saturated carbocycles. The first-order chi connectivity index (χ1) is 8.45. The van der Waals surface area contributed by atoms with Crippen LogP contribution in [-0.2, 0) is 23.0 Å². The van der Waals surface area contributed by atoms with Gasteiger partial charge >= 0.3 is 51.4 Å². The molecule has 0 amide bonds. The topological polar surface area (TPSA) is 57.2 Å². The van der Waals surface area contributed by atoms with Gasteiger partial charge in [-0.3, -0.25) is 0 Å². The molecule has 0 aliphatic carbocycles. The van der Waals surface area contributed by atoms with Gasteiger partial charge in [0.25, 0.3) is 0 Å². The normalized spacial score (nSPS) is 11.3. The molecule has 96 valence electrons. The second-order valence-corrected chi connectivity index (χ2v) is 5.66. The molecule has 0 unspecified atom stereocenters. The summed E-state index contributed by atoms with van der Waals surface area (Å²) in [5.41, 5.74) is 1.89. The van der Waals surface area contributed by atoms with Crippen LogP contribution in [0.2, 0.25) is 0 Å². The van der Waals surface area contributed by atoms with Crippen LogP contribution in [0, 0.1) is 0 Å². The zero-order valence-electron chi connectivity index (χ0n) is 11.4. The van der Waals surface area contributed by atoms with Crippen molar-refractivity contribution >= 4 is 20.9 Å². The second-order valence-electron chi connectivity index (χ2n) is 4.31. The standard InChI is InChI=1S/C14H16O3S.K/c1-3-10-5-6-12-7-11(4-2)9-14(13(12)8-10)18(15,16)17;/h5-9H,3-4H2,1-2H3,(H,15,16,17);/q;+1/p-1. The molecule has 19 heavy (non-hydrogen) atoms. The van der Waals surface area contributed by atoms with Crippen LogP contribution in [0.1, 0.15) is 25.0 Å². The molecule has 2 aromatic rings. The molecule has 0 atom stereocenters. The molecule has 0 bridgehead atoms. The third kappa shape index (κ3) is 3.88. The fourth-order valence-corrected chi connectivity index (χ4v) is 2.80. The van der Waals surface area contributed by atoms with E-state index in [1.807, 2.05) is 32.0 Å². The van der Waals surface area contributed by atoms with E-state index < -0.39 is 10.1 Å². The van der Waals surface area contributed by atoms with E-state index in [0.717, 1.165) is 22.9 Å². The third-order valence-electron chi connectivity index (χ3n) is 3.13.